The Kier molecular flexibility index (Phi) is 11.7. The van der Waals surface area contributed by atoms with Gasteiger partial charge in [-0.1, -0.05) is 23.2 Å². The van der Waals surface area contributed by atoms with Crippen LogP contribution < -0.4 is 10.6 Å². The number of aryl methyl sites for hydroxylation is 4. The van der Waals surface area contributed by atoms with Gasteiger partial charge in [0, 0.05) is 37.1 Å². The lowest BCUT2D eigenvalue weighted by molar-refractivity contribution is -0.153. The van der Waals surface area contributed by atoms with Gasteiger partial charge in [0.2, 0.25) is 5.91 Å². The van der Waals surface area contributed by atoms with E-state index < -0.39 is 11.1 Å². The molecule has 2 aliphatic carbocycles. The third-order valence-corrected chi connectivity index (χ3v) is 10.1. The molecule has 2 fully saturated rings. The summed E-state index contributed by atoms with van der Waals surface area (Å²) in [6.07, 6.45) is 4.02. The first kappa shape index (κ1) is 36.7. The second-order valence-corrected chi connectivity index (χ2v) is 13.8. The summed E-state index contributed by atoms with van der Waals surface area (Å²) in [4.78, 5) is 37.7. The molecule has 47 heavy (non-hydrogen) atoms. The van der Waals surface area contributed by atoms with Gasteiger partial charge in [-0.2, -0.15) is 0 Å². The number of rotatable bonds is 8. The van der Waals surface area contributed by atoms with E-state index in [1.54, 1.807) is 21.1 Å². The van der Waals surface area contributed by atoms with Crippen molar-refractivity contribution in [3.05, 3.63) is 73.5 Å². The molecular formula is C36H46Cl2N2O7. The molecule has 1 spiro atoms. The van der Waals surface area contributed by atoms with E-state index in [-0.39, 0.29) is 48.8 Å². The lowest BCUT2D eigenvalue weighted by atomic mass is 9.90. The number of methoxy groups -OCH3 is 2. The van der Waals surface area contributed by atoms with Gasteiger partial charge in [0.05, 0.1) is 30.8 Å². The summed E-state index contributed by atoms with van der Waals surface area (Å²) in [7, 11) is 3.28. The standard InChI is InChI=1S/C19H26ClNO4.C17H20ClNO3/c1-5-25-18(23)19(7-6-15(11-19)24-4)21-17(22)10-16-12(2)8-14(20)9-13(16)3;1-9-6-11(18)7-10(2)13(9)14-15(20)17(19-16(14)21)5-4-12(8-17)22-3/h8-9,15H,5-7,10-11H2,1-4H3,(H,21,22);6-7,12,20H,4-5,8H2,1-3H3,(H,19,21). The first-order valence-electron chi connectivity index (χ1n) is 16.0. The van der Waals surface area contributed by atoms with Crippen molar-refractivity contribution in [3.8, 4) is 0 Å². The number of amides is 2. The molecule has 5 rings (SSSR count). The van der Waals surface area contributed by atoms with Crippen molar-refractivity contribution in [3.63, 3.8) is 0 Å². The molecule has 3 N–H and O–H groups in total. The highest BCUT2D eigenvalue weighted by Gasteiger charge is 2.51. The second-order valence-electron chi connectivity index (χ2n) is 12.9. The second kappa shape index (κ2) is 15.0. The van der Waals surface area contributed by atoms with Crippen LogP contribution in [0.5, 0.6) is 0 Å². The van der Waals surface area contributed by atoms with Gasteiger partial charge in [0.25, 0.3) is 5.91 Å². The van der Waals surface area contributed by atoms with Gasteiger partial charge >= 0.3 is 5.97 Å². The molecule has 2 aromatic carbocycles. The lowest BCUT2D eigenvalue weighted by Gasteiger charge is -2.28. The van der Waals surface area contributed by atoms with Gasteiger partial charge in [0.1, 0.15) is 16.8 Å². The van der Waals surface area contributed by atoms with E-state index in [4.69, 9.17) is 37.4 Å². The fourth-order valence-electron chi connectivity index (χ4n) is 7.26. The topological polar surface area (TPSA) is 123 Å². The van der Waals surface area contributed by atoms with Gasteiger partial charge in [0.15, 0.2) is 0 Å². The highest BCUT2D eigenvalue weighted by atomic mass is 35.5. The maximum absolute atomic E-state index is 12.7. The molecule has 1 heterocycles. The minimum Gasteiger partial charge on any atom is -0.509 e. The fraction of sp³-hybridized carbons (Fsp3) is 0.528. The number of nitrogens with one attached hydrogen (secondary N) is 2. The summed E-state index contributed by atoms with van der Waals surface area (Å²) >= 11 is 12.1. The summed E-state index contributed by atoms with van der Waals surface area (Å²) in [5.74, 6) is -0.654. The number of carbonyl (C=O) groups is 3. The molecule has 0 aromatic heterocycles. The monoisotopic (exact) mass is 688 g/mol. The molecule has 9 nitrogen and oxygen atoms in total. The van der Waals surface area contributed by atoms with E-state index in [2.05, 4.69) is 10.6 Å². The quantitative estimate of drug-likeness (QED) is 0.274. The first-order valence-corrected chi connectivity index (χ1v) is 16.8. The van der Waals surface area contributed by atoms with E-state index in [9.17, 15) is 19.5 Å². The van der Waals surface area contributed by atoms with Gasteiger partial charge in [-0.15, -0.1) is 0 Å². The van der Waals surface area contributed by atoms with E-state index in [1.165, 1.54) is 0 Å². The molecule has 1 aliphatic heterocycles. The van der Waals surface area contributed by atoms with E-state index in [1.807, 2.05) is 52.0 Å². The van der Waals surface area contributed by atoms with Crippen molar-refractivity contribution < 1.29 is 33.7 Å². The van der Waals surface area contributed by atoms with Crippen LogP contribution in [-0.2, 0) is 35.0 Å². The lowest BCUT2D eigenvalue weighted by Crippen LogP contribution is -2.54. The van der Waals surface area contributed by atoms with Crippen LogP contribution in [0, 0.1) is 27.7 Å². The van der Waals surface area contributed by atoms with Crippen LogP contribution in [0.1, 0.15) is 78.8 Å². The van der Waals surface area contributed by atoms with Crippen molar-refractivity contribution >= 4 is 46.6 Å². The molecule has 4 atom stereocenters. The third kappa shape index (κ3) is 7.80. The van der Waals surface area contributed by atoms with E-state index in [0.29, 0.717) is 47.7 Å². The van der Waals surface area contributed by atoms with Crippen molar-refractivity contribution in [1.29, 1.82) is 0 Å². The largest absolute Gasteiger partial charge is 0.509 e. The van der Waals surface area contributed by atoms with Crippen LogP contribution in [0.2, 0.25) is 10.0 Å². The number of hydrogen-bond acceptors (Lipinski definition) is 7. The Morgan fingerprint density at radius 2 is 1.45 bits per heavy atom. The number of halogens is 2. The molecule has 2 amide bonds. The van der Waals surface area contributed by atoms with Crippen LogP contribution in [0.3, 0.4) is 0 Å². The zero-order valence-electron chi connectivity index (χ0n) is 28.3. The van der Waals surface area contributed by atoms with E-state index >= 15 is 0 Å². The highest BCUT2D eigenvalue weighted by molar-refractivity contribution is 6.31. The summed E-state index contributed by atoms with van der Waals surface area (Å²) in [6.45, 7) is 9.71. The average Bonchev–Trinajstić information content (AvgIpc) is 3.68. The normalized spacial score (nSPS) is 25.1. The number of carbonyl (C=O) groups excluding carboxylic acids is 3. The minimum absolute atomic E-state index is 0.0521. The van der Waals surface area contributed by atoms with Gasteiger partial charge in [-0.25, -0.2) is 4.79 Å². The molecule has 0 saturated heterocycles. The molecule has 11 heteroatoms. The number of ether oxygens (including phenoxy) is 3. The number of aliphatic hydroxyl groups is 1. The molecule has 2 aromatic rings. The van der Waals surface area contributed by atoms with Crippen molar-refractivity contribution in [1.82, 2.24) is 10.6 Å². The zero-order valence-corrected chi connectivity index (χ0v) is 29.8. The summed E-state index contributed by atoms with van der Waals surface area (Å²) in [6, 6.07) is 7.31. The summed E-state index contributed by atoms with van der Waals surface area (Å²) in [5, 5.41) is 18.0. The molecule has 4 unspecified atom stereocenters. The maximum Gasteiger partial charge on any atom is 0.331 e. The number of hydrogen-bond donors (Lipinski definition) is 3. The predicted octanol–water partition coefficient (Wildman–Crippen LogP) is 6.41. The Labute approximate surface area is 287 Å². The fourth-order valence-corrected chi connectivity index (χ4v) is 7.92. The Bertz CT molecular complexity index is 1530. The molecule has 0 radical (unpaired) electrons. The number of esters is 1. The van der Waals surface area contributed by atoms with Crippen molar-refractivity contribution in [2.45, 2.75) is 103 Å². The molecule has 0 bridgehead atoms. The third-order valence-electron chi connectivity index (χ3n) is 9.67. The van der Waals surface area contributed by atoms with E-state index in [0.717, 1.165) is 39.8 Å². The molecular weight excluding hydrogens is 643 g/mol. The zero-order chi connectivity index (χ0) is 34.7. The van der Waals surface area contributed by atoms with Gasteiger partial charge in [-0.05, 0) is 118 Å². The summed E-state index contributed by atoms with van der Waals surface area (Å²) < 4.78 is 16.0. The van der Waals surface area contributed by atoms with Crippen LogP contribution in [0.4, 0.5) is 0 Å². The van der Waals surface area contributed by atoms with Crippen molar-refractivity contribution in [2.75, 3.05) is 20.8 Å². The van der Waals surface area contributed by atoms with Crippen LogP contribution in [-0.4, -0.2) is 67.0 Å². The smallest absolute Gasteiger partial charge is 0.331 e. The van der Waals surface area contributed by atoms with Gasteiger partial charge in [-0.3, -0.25) is 9.59 Å². The molecule has 2 saturated carbocycles. The van der Waals surface area contributed by atoms with Crippen LogP contribution in [0.25, 0.3) is 5.57 Å². The average molecular weight is 690 g/mol. The first-order chi connectivity index (χ1) is 22.2. The SMILES string of the molecule is CCOC(=O)C1(NC(=O)Cc2c(C)cc(Cl)cc2C)CCC(OC)C1.COC1CCC2(C1)NC(=O)C(c1c(C)cc(Cl)cc1C)=C2O. The maximum atomic E-state index is 12.7. The number of benzene rings is 2. The number of aliphatic hydroxyl groups excluding tert-OH is 1. The minimum atomic E-state index is -0.998. The molecule has 3 aliphatic rings. The Hall–Kier alpha value is -3.11. The Balaban J connectivity index is 0.000000214. The summed E-state index contributed by atoms with van der Waals surface area (Å²) in [5.41, 5.74) is 4.12. The van der Waals surface area contributed by atoms with Crippen LogP contribution in [0.15, 0.2) is 30.0 Å². The Morgan fingerprint density at radius 3 is 1.96 bits per heavy atom. The predicted molar refractivity (Wildman–Crippen MR) is 183 cm³/mol. The molecule has 256 valence electrons. The van der Waals surface area contributed by atoms with Gasteiger partial charge < -0.3 is 30.0 Å². The van der Waals surface area contributed by atoms with Crippen molar-refractivity contribution in [2.24, 2.45) is 0 Å². The highest BCUT2D eigenvalue weighted by Crippen LogP contribution is 2.44. The Morgan fingerprint density at radius 1 is 0.915 bits per heavy atom. The van der Waals surface area contributed by atoms with Crippen LogP contribution >= 0.6 is 23.2 Å².